The molecule has 0 fully saturated rings. The van der Waals surface area contributed by atoms with E-state index in [-0.39, 0.29) is 10.0 Å². The highest BCUT2D eigenvalue weighted by atomic mass is 79.9. The Labute approximate surface area is 206 Å². The van der Waals surface area contributed by atoms with E-state index in [9.17, 15) is 13.2 Å². The van der Waals surface area contributed by atoms with Gasteiger partial charge in [-0.05, 0) is 80.2 Å². The number of sulfonamides is 1. The Balaban J connectivity index is 1.67. The summed E-state index contributed by atoms with van der Waals surface area (Å²) in [7, 11) is -2.29. The predicted molar refractivity (Wildman–Crippen MR) is 138 cm³/mol. The first-order chi connectivity index (χ1) is 15.6. The zero-order valence-corrected chi connectivity index (χ0v) is 21.3. The third-order valence-corrected chi connectivity index (χ3v) is 6.76. The Bertz CT molecular complexity index is 1310. The minimum atomic E-state index is -3.76. The van der Waals surface area contributed by atoms with Crippen LogP contribution in [0.5, 0.6) is 5.75 Å². The van der Waals surface area contributed by atoms with E-state index in [4.69, 9.17) is 17.0 Å². The van der Waals surface area contributed by atoms with Crippen LogP contribution in [0, 0.1) is 13.8 Å². The largest absolute Gasteiger partial charge is 0.496 e. The standard InChI is InChI=1S/C23H22BrN3O4S2/c1-14-4-10-20(15(2)12-14)27-33(29,30)18-8-6-17(7-9-18)25-23(32)26-22(28)19-13-16(24)5-11-21(19)31-3/h4-13,27H,1-3H3,(H2,25,26,28,32). The summed E-state index contributed by atoms with van der Waals surface area (Å²) in [6.07, 6.45) is 0. The Kier molecular flexibility index (Phi) is 7.72. The lowest BCUT2D eigenvalue weighted by atomic mass is 10.1. The van der Waals surface area contributed by atoms with Gasteiger partial charge >= 0.3 is 0 Å². The monoisotopic (exact) mass is 547 g/mol. The second-order valence-electron chi connectivity index (χ2n) is 7.20. The maximum Gasteiger partial charge on any atom is 0.261 e. The van der Waals surface area contributed by atoms with E-state index in [0.717, 1.165) is 15.6 Å². The Hall–Kier alpha value is -2.95. The van der Waals surface area contributed by atoms with Gasteiger partial charge in [-0.3, -0.25) is 14.8 Å². The lowest BCUT2D eigenvalue weighted by Gasteiger charge is -2.13. The topological polar surface area (TPSA) is 96.5 Å². The summed E-state index contributed by atoms with van der Waals surface area (Å²) >= 11 is 8.54. The van der Waals surface area contributed by atoms with Crippen molar-refractivity contribution >= 4 is 60.6 Å². The molecule has 0 saturated carbocycles. The fraction of sp³-hybridized carbons (Fsp3) is 0.130. The molecule has 1 amide bonds. The van der Waals surface area contributed by atoms with Crippen molar-refractivity contribution in [3.8, 4) is 5.75 Å². The lowest BCUT2D eigenvalue weighted by Crippen LogP contribution is -2.34. The molecule has 3 aromatic carbocycles. The van der Waals surface area contributed by atoms with Gasteiger partial charge in [-0.1, -0.05) is 33.6 Å². The summed E-state index contributed by atoms with van der Waals surface area (Å²) in [5.41, 5.74) is 3.24. The molecule has 0 heterocycles. The molecule has 172 valence electrons. The molecule has 0 aliphatic rings. The van der Waals surface area contributed by atoms with Crippen molar-refractivity contribution in [2.24, 2.45) is 0 Å². The molecule has 0 aliphatic carbocycles. The van der Waals surface area contributed by atoms with Crippen molar-refractivity contribution < 1.29 is 17.9 Å². The third-order valence-electron chi connectivity index (χ3n) is 4.68. The van der Waals surface area contributed by atoms with Crippen molar-refractivity contribution in [2.75, 3.05) is 17.1 Å². The average Bonchev–Trinajstić information content (AvgIpc) is 2.76. The number of thiocarbonyl (C=S) groups is 1. The van der Waals surface area contributed by atoms with E-state index < -0.39 is 15.9 Å². The molecule has 0 atom stereocenters. The fourth-order valence-electron chi connectivity index (χ4n) is 3.04. The number of nitrogens with one attached hydrogen (secondary N) is 3. The summed E-state index contributed by atoms with van der Waals surface area (Å²) < 4.78 is 34.0. The molecule has 0 unspecified atom stereocenters. The van der Waals surface area contributed by atoms with Crippen LogP contribution in [0.1, 0.15) is 21.5 Å². The number of amides is 1. The summed E-state index contributed by atoms with van der Waals surface area (Å²) in [5, 5.41) is 5.52. The molecule has 0 spiro atoms. The molecule has 0 saturated heterocycles. The predicted octanol–water partition coefficient (Wildman–Crippen LogP) is 5.00. The zero-order chi connectivity index (χ0) is 24.2. The SMILES string of the molecule is COc1ccc(Br)cc1C(=O)NC(=S)Nc1ccc(S(=O)(=O)Nc2ccc(C)cc2C)cc1. The number of ether oxygens (including phenoxy) is 1. The van der Waals surface area contributed by atoms with Gasteiger partial charge in [0.15, 0.2) is 5.11 Å². The summed E-state index contributed by atoms with van der Waals surface area (Å²) in [6, 6.07) is 16.6. The first-order valence-electron chi connectivity index (χ1n) is 9.75. The van der Waals surface area contributed by atoms with Gasteiger partial charge in [-0.15, -0.1) is 0 Å². The number of halogens is 1. The summed E-state index contributed by atoms with van der Waals surface area (Å²) in [5.74, 6) is -0.0353. The Morgan fingerprint density at radius 1 is 1.00 bits per heavy atom. The van der Waals surface area contributed by atoms with Crippen molar-refractivity contribution in [1.29, 1.82) is 0 Å². The number of methoxy groups -OCH3 is 1. The molecule has 3 aromatic rings. The van der Waals surface area contributed by atoms with Gasteiger partial charge < -0.3 is 10.1 Å². The first kappa shape index (κ1) is 24.7. The Morgan fingerprint density at radius 2 is 1.70 bits per heavy atom. The average molecular weight is 548 g/mol. The number of hydrogen-bond donors (Lipinski definition) is 3. The van der Waals surface area contributed by atoms with E-state index in [1.807, 2.05) is 26.0 Å². The molecule has 3 N–H and O–H groups in total. The molecule has 0 aromatic heterocycles. The van der Waals surface area contributed by atoms with Crippen LogP contribution in [0.25, 0.3) is 0 Å². The van der Waals surface area contributed by atoms with Crippen LogP contribution in [-0.2, 0) is 10.0 Å². The van der Waals surface area contributed by atoms with Gasteiger partial charge in [0.1, 0.15) is 5.75 Å². The Morgan fingerprint density at radius 3 is 2.33 bits per heavy atom. The van der Waals surface area contributed by atoms with Gasteiger partial charge in [-0.25, -0.2) is 8.42 Å². The molecule has 3 rings (SSSR count). The highest BCUT2D eigenvalue weighted by Gasteiger charge is 2.17. The number of rotatable bonds is 6. The van der Waals surface area contributed by atoms with Crippen molar-refractivity contribution in [3.05, 3.63) is 81.8 Å². The van der Waals surface area contributed by atoms with E-state index in [1.54, 1.807) is 36.4 Å². The number of hydrogen-bond acceptors (Lipinski definition) is 5. The van der Waals surface area contributed by atoms with Crippen LogP contribution in [0.15, 0.2) is 70.0 Å². The normalized spacial score (nSPS) is 10.9. The quantitative estimate of drug-likeness (QED) is 0.375. The lowest BCUT2D eigenvalue weighted by molar-refractivity contribution is 0.0974. The van der Waals surface area contributed by atoms with Crippen LogP contribution >= 0.6 is 28.1 Å². The molecule has 0 radical (unpaired) electrons. The van der Waals surface area contributed by atoms with Gasteiger partial charge in [-0.2, -0.15) is 0 Å². The van der Waals surface area contributed by atoms with Gasteiger partial charge in [0, 0.05) is 10.2 Å². The van der Waals surface area contributed by atoms with Crippen LogP contribution in [0.3, 0.4) is 0 Å². The van der Waals surface area contributed by atoms with Crippen molar-refractivity contribution in [1.82, 2.24) is 5.32 Å². The van der Waals surface area contributed by atoms with Crippen LogP contribution < -0.4 is 20.1 Å². The number of aryl methyl sites for hydroxylation is 2. The molecule has 0 aliphatic heterocycles. The molecule has 10 heteroatoms. The summed E-state index contributed by atoms with van der Waals surface area (Å²) in [6.45, 7) is 3.79. The third kappa shape index (κ3) is 6.31. The molecular weight excluding hydrogens is 526 g/mol. The minimum absolute atomic E-state index is 0.0611. The van der Waals surface area contributed by atoms with E-state index in [2.05, 4.69) is 31.3 Å². The number of carbonyl (C=O) groups is 1. The molecular formula is C23H22BrN3O4S2. The second kappa shape index (κ2) is 10.3. The first-order valence-corrected chi connectivity index (χ1v) is 12.4. The van der Waals surface area contributed by atoms with Crippen LogP contribution in [0.4, 0.5) is 11.4 Å². The van der Waals surface area contributed by atoms with Gasteiger partial charge in [0.2, 0.25) is 0 Å². The van der Waals surface area contributed by atoms with E-state index in [1.165, 1.54) is 19.2 Å². The second-order valence-corrected chi connectivity index (χ2v) is 10.2. The summed E-state index contributed by atoms with van der Waals surface area (Å²) in [4.78, 5) is 12.7. The number of benzene rings is 3. The van der Waals surface area contributed by atoms with Crippen LogP contribution in [0.2, 0.25) is 0 Å². The van der Waals surface area contributed by atoms with Gasteiger partial charge in [0.25, 0.3) is 15.9 Å². The maximum atomic E-state index is 12.7. The van der Waals surface area contributed by atoms with Crippen molar-refractivity contribution in [3.63, 3.8) is 0 Å². The molecule has 0 bridgehead atoms. The minimum Gasteiger partial charge on any atom is -0.496 e. The van der Waals surface area contributed by atoms with Gasteiger partial charge in [0.05, 0.1) is 23.3 Å². The smallest absolute Gasteiger partial charge is 0.261 e. The van der Waals surface area contributed by atoms with E-state index in [0.29, 0.717) is 22.7 Å². The number of anilines is 2. The number of carbonyl (C=O) groups excluding carboxylic acids is 1. The van der Waals surface area contributed by atoms with E-state index >= 15 is 0 Å². The molecule has 7 nitrogen and oxygen atoms in total. The van der Waals surface area contributed by atoms with Crippen molar-refractivity contribution in [2.45, 2.75) is 18.7 Å². The maximum absolute atomic E-state index is 12.7. The molecule has 33 heavy (non-hydrogen) atoms. The highest BCUT2D eigenvalue weighted by molar-refractivity contribution is 9.10. The zero-order valence-electron chi connectivity index (χ0n) is 18.1. The fourth-order valence-corrected chi connectivity index (χ4v) is 4.74. The van der Waals surface area contributed by atoms with Crippen LogP contribution in [-0.4, -0.2) is 26.5 Å². The highest BCUT2D eigenvalue weighted by Crippen LogP contribution is 2.24.